The van der Waals surface area contributed by atoms with E-state index in [1.807, 2.05) is 7.11 Å². The van der Waals surface area contributed by atoms with E-state index in [-0.39, 0.29) is 23.1 Å². The molecule has 5 aliphatic carbocycles. The Morgan fingerprint density at radius 3 is 2.19 bits per heavy atom. The number of hydrogen-bond donors (Lipinski definition) is 0. The van der Waals surface area contributed by atoms with Crippen LogP contribution in [-0.4, -0.2) is 24.8 Å². The van der Waals surface area contributed by atoms with Gasteiger partial charge in [0.1, 0.15) is 6.10 Å². The van der Waals surface area contributed by atoms with E-state index in [0.29, 0.717) is 39.4 Å². The number of ether oxygens (including phenoxy) is 2. The molecular formula is C33H54O3. The van der Waals surface area contributed by atoms with Crippen molar-refractivity contribution in [2.45, 2.75) is 132 Å². The molecule has 0 aromatic rings. The number of allylic oxidation sites excluding steroid dienone is 1. The molecular weight excluding hydrogens is 444 g/mol. The smallest absolute Gasteiger partial charge is 0.302 e. The molecule has 0 bridgehead atoms. The Morgan fingerprint density at radius 1 is 0.861 bits per heavy atom. The highest BCUT2D eigenvalue weighted by Gasteiger charge is 2.71. The Kier molecular flexibility index (Phi) is 6.01. The lowest BCUT2D eigenvalue weighted by molar-refractivity contribution is -0.264. The third-order valence-corrected chi connectivity index (χ3v) is 14.2. The van der Waals surface area contributed by atoms with E-state index in [0.717, 1.165) is 12.3 Å². The summed E-state index contributed by atoms with van der Waals surface area (Å²) in [4.78, 5) is 11.9. The molecule has 3 nitrogen and oxygen atoms in total. The summed E-state index contributed by atoms with van der Waals surface area (Å²) in [5.41, 5.74) is 2.65. The Hall–Kier alpha value is -0.830. The van der Waals surface area contributed by atoms with E-state index in [2.05, 4.69) is 61.5 Å². The molecule has 3 unspecified atom stereocenters. The summed E-state index contributed by atoms with van der Waals surface area (Å²) in [6.07, 6.45) is 13.9. The summed E-state index contributed by atoms with van der Waals surface area (Å²) >= 11 is 0. The van der Waals surface area contributed by atoms with E-state index in [9.17, 15) is 4.79 Å². The number of rotatable bonds is 2. The quantitative estimate of drug-likeness (QED) is 0.283. The number of carbonyl (C=O) groups excluding carboxylic acids is 1. The molecule has 204 valence electrons. The first-order chi connectivity index (χ1) is 16.6. The van der Waals surface area contributed by atoms with Gasteiger partial charge >= 0.3 is 5.97 Å². The molecule has 0 radical (unpaired) electrons. The van der Waals surface area contributed by atoms with Crippen molar-refractivity contribution in [2.75, 3.05) is 7.11 Å². The second kappa shape index (κ2) is 8.09. The third-order valence-electron chi connectivity index (χ3n) is 14.2. The van der Waals surface area contributed by atoms with Gasteiger partial charge in [0.05, 0.1) is 5.60 Å². The lowest BCUT2D eigenvalue weighted by atomic mass is 9.31. The van der Waals surface area contributed by atoms with Crippen LogP contribution < -0.4 is 0 Å². The van der Waals surface area contributed by atoms with Crippen LogP contribution in [0.15, 0.2) is 11.6 Å². The number of carbonyl (C=O) groups is 1. The molecule has 10 atom stereocenters. The zero-order chi connectivity index (χ0) is 26.5. The first-order valence-electron chi connectivity index (χ1n) is 15.0. The van der Waals surface area contributed by atoms with Gasteiger partial charge in [-0.3, -0.25) is 4.79 Å². The number of fused-ring (bicyclic) bond motifs is 7. The zero-order valence-electron chi connectivity index (χ0n) is 25.1. The first kappa shape index (κ1) is 26.8. The minimum Gasteiger partial charge on any atom is -0.462 e. The van der Waals surface area contributed by atoms with Gasteiger partial charge < -0.3 is 9.47 Å². The van der Waals surface area contributed by atoms with Crippen molar-refractivity contribution in [3.63, 3.8) is 0 Å². The summed E-state index contributed by atoms with van der Waals surface area (Å²) < 4.78 is 12.4. The molecule has 0 N–H and O–H groups in total. The van der Waals surface area contributed by atoms with E-state index in [1.54, 1.807) is 6.92 Å². The SMILES string of the molecule is COC1(C)C(C)=CC[C@]2(C)CC[C@]3(C)[C@H](CC[C@@H]4[C@@]5(C)CC[C@H](OC(C)=O)C(C)(C)C5CC[C@]43C)C12. The normalized spacial score (nSPS) is 53.7. The van der Waals surface area contributed by atoms with Crippen LogP contribution in [0.4, 0.5) is 0 Å². The highest BCUT2D eigenvalue weighted by Crippen LogP contribution is 2.77. The van der Waals surface area contributed by atoms with Crippen molar-refractivity contribution in [1.82, 2.24) is 0 Å². The maximum atomic E-state index is 11.9. The summed E-state index contributed by atoms with van der Waals surface area (Å²) in [6.45, 7) is 21.7. The predicted molar refractivity (Wildman–Crippen MR) is 146 cm³/mol. The predicted octanol–water partition coefficient (Wildman–Crippen LogP) is 8.36. The van der Waals surface area contributed by atoms with Gasteiger partial charge in [0.15, 0.2) is 0 Å². The summed E-state index contributed by atoms with van der Waals surface area (Å²) in [5, 5.41) is 0. The van der Waals surface area contributed by atoms with Gasteiger partial charge in [0, 0.05) is 25.4 Å². The minimum absolute atomic E-state index is 0.0305. The fourth-order valence-electron chi connectivity index (χ4n) is 12.0. The molecule has 0 aromatic carbocycles. The van der Waals surface area contributed by atoms with E-state index < -0.39 is 0 Å². The van der Waals surface area contributed by atoms with E-state index in [4.69, 9.17) is 9.47 Å². The highest BCUT2D eigenvalue weighted by molar-refractivity contribution is 5.66. The van der Waals surface area contributed by atoms with Crippen LogP contribution in [0.1, 0.15) is 120 Å². The monoisotopic (exact) mass is 498 g/mol. The summed E-state index contributed by atoms with van der Waals surface area (Å²) in [7, 11) is 1.96. The van der Waals surface area contributed by atoms with Crippen LogP contribution in [0, 0.1) is 50.7 Å². The minimum atomic E-state index is -0.159. The Balaban J connectivity index is 1.53. The van der Waals surface area contributed by atoms with Gasteiger partial charge in [-0.15, -0.1) is 0 Å². The standard InChI is InChI=1S/C33H54O3/c1-21-13-16-29(5)19-20-31(7)23(27(29)33(21,9)35-10)11-12-25-30(6)17-15-26(36-22(2)34)28(3,4)24(30)14-18-32(25,31)8/h13,23-27H,11-12,14-20H2,1-10H3/t23-,24?,25-,26+,27?,29-,30+,31-,32-,33?/m1/s1. The molecule has 0 heterocycles. The Labute approximate surface area is 221 Å². The number of hydrogen-bond acceptors (Lipinski definition) is 3. The second-order valence-electron chi connectivity index (χ2n) is 15.7. The van der Waals surface area contributed by atoms with Crippen molar-refractivity contribution < 1.29 is 14.3 Å². The molecule has 36 heavy (non-hydrogen) atoms. The van der Waals surface area contributed by atoms with Gasteiger partial charge in [0.2, 0.25) is 0 Å². The Bertz CT molecular complexity index is 951. The molecule has 0 spiro atoms. The second-order valence-corrected chi connectivity index (χ2v) is 15.7. The third kappa shape index (κ3) is 3.23. The molecule has 4 fully saturated rings. The number of esters is 1. The molecule has 5 rings (SSSR count). The lowest BCUT2D eigenvalue weighted by Crippen LogP contribution is -2.69. The maximum absolute atomic E-state index is 11.9. The van der Waals surface area contributed by atoms with Crippen LogP contribution in [0.25, 0.3) is 0 Å². The molecule has 3 heteroatoms. The largest absolute Gasteiger partial charge is 0.462 e. The summed E-state index contributed by atoms with van der Waals surface area (Å²) in [6, 6.07) is 0. The van der Waals surface area contributed by atoms with Crippen molar-refractivity contribution in [1.29, 1.82) is 0 Å². The fourth-order valence-corrected chi connectivity index (χ4v) is 12.0. The van der Waals surface area contributed by atoms with Crippen molar-refractivity contribution in [2.24, 2.45) is 50.7 Å². The van der Waals surface area contributed by atoms with Crippen LogP contribution >= 0.6 is 0 Å². The van der Waals surface area contributed by atoms with Crippen molar-refractivity contribution in [3.05, 3.63) is 11.6 Å². The average Bonchev–Trinajstić information content (AvgIpc) is 2.79. The topological polar surface area (TPSA) is 35.5 Å². The van der Waals surface area contributed by atoms with Crippen LogP contribution in [-0.2, 0) is 14.3 Å². The van der Waals surface area contributed by atoms with Crippen LogP contribution in [0.5, 0.6) is 0 Å². The van der Waals surface area contributed by atoms with Crippen LogP contribution in [0.3, 0.4) is 0 Å². The highest BCUT2D eigenvalue weighted by atomic mass is 16.5. The van der Waals surface area contributed by atoms with Crippen molar-refractivity contribution in [3.8, 4) is 0 Å². The molecule has 0 aliphatic heterocycles. The van der Waals surface area contributed by atoms with E-state index in [1.165, 1.54) is 56.9 Å². The fraction of sp³-hybridized carbons (Fsp3) is 0.909. The molecule has 0 amide bonds. The van der Waals surface area contributed by atoms with Gasteiger partial charge in [0.25, 0.3) is 0 Å². The van der Waals surface area contributed by atoms with E-state index >= 15 is 0 Å². The van der Waals surface area contributed by atoms with Gasteiger partial charge in [-0.25, -0.2) is 0 Å². The average molecular weight is 499 g/mol. The van der Waals surface area contributed by atoms with Crippen molar-refractivity contribution >= 4 is 5.97 Å². The number of methoxy groups -OCH3 is 1. The van der Waals surface area contributed by atoms with Gasteiger partial charge in [-0.1, -0.05) is 47.6 Å². The maximum Gasteiger partial charge on any atom is 0.302 e. The first-order valence-corrected chi connectivity index (χ1v) is 15.0. The molecule has 5 aliphatic rings. The lowest BCUT2D eigenvalue weighted by Gasteiger charge is -2.74. The van der Waals surface area contributed by atoms with Crippen LogP contribution in [0.2, 0.25) is 0 Å². The molecule has 0 aromatic heterocycles. The molecule has 0 saturated heterocycles. The zero-order valence-corrected chi connectivity index (χ0v) is 25.1. The van der Waals surface area contributed by atoms with Gasteiger partial charge in [-0.2, -0.15) is 0 Å². The molecule has 4 saturated carbocycles. The van der Waals surface area contributed by atoms with Gasteiger partial charge in [-0.05, 0) is 117 Å². The Morgan fingerprint density at radius 2 is 1.56 bits per heavy atom. The summed E-state index contributed by atoms with van der Waals surface area (Å²) in [5.74, 6) is 2.52.